The number of hydrogen-bond acceptors (Lipinski definition) is 5. The molecule has 0 fully saturated rings. The van der Waals surface area contributed by atoms with Gasteiger partial charge in [0.1, 0.15) is 5.01 Å². The van der Waals surface area contributed by atoms with Gasteiger partial charge < -0.3 is 10.5 Å². The number of nitrogens with two attached hydrogens (primary N) is 1. The molecule has 3 heterocycles. The number of fused-ring (bicyclic) bond motifs is 1. The number of nitrogens with zero attached hydrogens (tertiary/aromatic N) is 1. The van der Waals surface area contributed by atoms with Gasteiger partial charge >= 0.3 is 0 Å². The van der Waals surface area contributed by atoms with Crippen molar-refractivity contribution in [2.45, 2.75) is 26.9 Å². The fourth-order valence-electron chi connectivity index (χ4n) is 2.07. The van der Waals surface area contributed by atoms with E-state index >= 15 is 0 Å². The average Bonchev–Trinajstić information content (AvgIpc) is 2.78. The molecule has 2 N–H and O–H groups in total. The molecule has 0 unspecified atom stereocenters. The minimum atomic E-state index is 0.702. The number of ether oxygens (including phenoxy) is 1. The van der Waals surface area contributed by atoms with Crippen LogP contribution in [0.15, 0.2) is 0 Å². The lowest BCUT2D eigenvalue weighted by atomic mass is 10.1. The summed E-state index contributed by atoms with van der Waals surface area (Å²) in [4.78, 5) is 7.17. The van der Waals surface area contributed by atoms with Crippen molar-refractivity contribution in [3.05, 3.63) is 21.0 Å². The molecule has 3 nitrogen and oxygen atoms in total. The Kier molecular flexibility index (Phi) is 2.69. The summed E-state index contributed by atoms with van der Waals surface area (Å²) >= 11 is 3.38. The second-order valence-corrected chi connectivity index (χ2v) is 6.55. The highest BCUT2D eigenvalue weighted by Gasteiger charge is 2.23. The lowest BCUT2D eigenvalue weighted by Gasteiger charge is -2.12. The van der Waals surface area contributed by atoms with Crippen molar-refractivity contribution in [2.75, 3.05) is 12.3 Å². The normalized spacial score (nSPS) is 14.9. The first kappa shape index (κ1) is 11.2. The second kappa shape index (κ2) is 4.08. The summed E-state index contributed by atoms with van der Waals surface area (Å²) in [7, 11) is 0. The van der Waals surface area contributed by atoms with E-state index in [0.717, 1.165) is 34.3 Å². The standard InChI is InChI=1S/C12H14N2OS2/c1-6-7(2)16-12(14-6)10-8-3-4-15-5-9(8)17-11(10)13/h3-5,13H2,1-2H3. The second-order valence-electron chi connectivity index (χ2n) is 4.21. The van der Waals surface area contributed by atoms with Gasteiger partial charge in [0.05, 0.1) is 23.9 Å². The molecule has 0 bridgehead atoms. The van der Waals surface area contributed by atoms with Crippen LogP contribution in [-0.2, 0) is 17.8 Å². The third-order valence-corrected chi connectivity index (χ3v) is 5.21. The fourth-order valence-corrected chi connectivity index (χ4v) is 4.19. The summed E-state index contributed by atoms with van der Waals surface area (Å²) in [5, 5.41) is 1.95. The Morgan fingerprint density at radius 3 is 2.82 bits per heavy atom. The number of hydrogen-bond donors (Lipinski definition) is 1. The number of thiazole rings is 1. The third-order valence-electron chi connectivity index (χ3n) is 3.09. The molecule has 0 radical (unpaired) electrons. The number of aromatic nitrogens is 1. The summed E-state index contributed by atoms with van der Waals surface area (Å²) in [6, 6.07) is 0. The highest BCUT2D eigenvalue weighted by Crippen LogP contribution is 2.42. The molecule has 0 aliphatic carbocycles. The van der Waals surface area contributed by atoms with Crippen LogP contribution in [0.2, 0.25) is 0 Å². The fraction of sp³-hybridized carbons (Fsp3) is 0.417. The molecule has 1 aliphatic rings. The molecule has 1 aliphatic heterocycles. The zero-order valence-corrected chi connectivity index (χ0v) is 11.5. The van der Waals surface area contributed by atoms with Crippen LogP contribution in [0, 0.1) is 13.8 Å². The van der Waals surface area contributed by atoms with Crippen LogP contribution in [0.25, 0.3) is 10.6 Å². The lowest BCUT2D eigenvalue weighted by molar-refractivity contribution is 0.114. The molecule has 5 heteroatoms. The van der Waals surface area contributed by atoms with Crippen LogP contribution in [0.3, 0.4) is 0 Å². The molecule has 2 aromatic rings. The number of aryl methyl sites for hydroxylation is 2. The van der Waals surface area contributed by atoms with Gasteiger partial charge in [-0.1, -0.05) is 0 Å². The molecular weight excluding hydrogens is 252 g/mol. The summed E-state index contributed by atoms with van der Waals surface area (Å²) in [6.45, 7) is 5.65. The van der Waals surface area contributed by atoms with E-state index in [0.29, 0.717) is 6.61 Å². The van der Waals surface area contributed by atoms with E-state index in [2.05, 4.69) is 11.9 Å². The van der Waals surface area contributed by atoms with Gasteiger partial charge in [-0.25, -0.2) is 4.98 Å². The maximum Gasteiger partial charge on any atom is 0.127 e. The van der Waals surface area contributed by atoms with E-state index in [1.54, 1.807) is 22.7 Å². The minimum absolute atomic E-state index is 0.702. The van der Waals surface area contributed by atoms with Crippen LogP contribution in [0.4, 0.5) is 5.00 Å². The predicted molar refractivity (Wildman–Crippen MR) is 72.7 cm³/mol. The van der Waals surface area contributed by atoms with E-state index < -0.39 is 0 Å². The molecule has 0 atom stereocenters. The number of thiophene rings is 1. The summed E-state index contributed by atoms with van der Waals surface area (Å²) in [5.74, 6) is 0. The third kappa shape index (κ3) is 1.78. The Balaban J connectivity index is 2.16. The SMILES string of the molecule is Cc1nc(-c2c(N)sc3c2CCOC3)sc1C. The zero-order chi connectivity index (χ0) is 12.0. The Morgan fingerprint density at radius 1 is 1.29 bits per heavy atom. The Labute approximate surface area is 108 Å². The van der Waals surface area contributed by atoms with Gasteiger partial charge in [0.2, 0.25) is 0 Å². The summed E-state index contributed by atoms with van der Waals surface area (Å²) in [5.41, 5.74) is 9.77. The predicted octanol–water partition coefficient (Wildman–Crippen LogP) is 3.14. The van der Waals surface area contributed by atoms with Crippen molar-refractivity contribution in [3.63, 3.8) is 0 Å². The topological polar surface area (TPSA) is 48.1 Å². The molecule has 17 heavy (non-hydrogen) atoms. The quantitative estimate of drug-likeness (QED) is 0.862. The molecule has 0 saturated carbocycles. The molecule has 3 rings (SSSR count). The van der Waals surface area contributed by atoms with Crippen molar-refractivity contribution in [1.29, 1.82) is 0 Å². The maximum absolute atomic E-state index is 6.14. The van der Waals surface area contributed by atoms with E-state index in [9.17, 15) is 0 Å². The Hall–Kier alpha value is -0.910. The smallest absolute Gasteiger partial charge is 0.127 e. The van der Waals surface area contributed by atoms with Crippen molar-refractivity contribution < 1.29 is 4.74 Å². The first-order valence-corrected chi connectivity index (χ1v) is 7.22. The molecule has 0 amide bonds. The summed E-state index contributed by atoms with van der Waals surface area (Å²) < 4.78 is 5.47. The zero-order valence-electron chi connectivity index (χ0n) is 9.87. The van der Waals surface area contributed by atoms with E-state index in [1.165, 1.54) is 15.3 Å². The molecular formula is C12H14N2OS2. The largest absolute Gasteiger partial charge is 0.390 e. The molecule has 0 aromatic carbocycles. The van der Waals surface area contributed by atoms with Crippen molar-refractivity contribution >= 4 is 27.7 Å². The van der Waals surface area contributed by atoms with Crippen LogP contribution in [-0.4, -0.2) is 11.6 Å². The Morgan fingerprint density at radius 2 is 2.12 bits per heavy atom. The first-order valence-electron chi connectivity index (χ1n) is 5.59. The monoisotopic (exact) mass is 266 g/mol. The minimum Gasteiger partial charge on any atom is -0.390 e. The van der Waals surface area contributed by atoms with Crippen LogP contribution in [0.1, 0.15) is 21.0 Å². The van der Waals surface area contributed by atoms with E-state index in [4.69, 9.17) is 10.5 Å². The highest BCUT2D eigenvalue weighted by atomic mass is 32.1. The van der Waals surface area contributed by atoms with Crippen LogP contribution in [0.5, 0.6) is 0 Å². The lowest BCUT2D eigenvalue weighted by Crippen LogP contribution is -2.07. The van der Waals surface area contributed by atoms with Gasteiger partial charge in [0.15, 0.2) is 0 Å². The molecule has 0 saturated heterocycles. The number of rotatable bonds is 1. The average molecular weight is 266 g/mol. The van der Waals surface area contributed by atoms with Crippen LogP contribution < -0.4 is 5.73 Å². The highest BCUT2D eigenvalue weighted by molar-refractivity contribution is 7.18. The van der Waals surface area contributed by atoms with E-state index in [1.807, 2.05) is 6.92 Å². The first-order chi connectivity index (χ1) is 8.16. The molecule has 90 valence electrons. The summed E-state index contributed by atoms with van der Waals surface area (Å²) in [6.07, 6.45) is 0.954. The van der Waals surface area contributed by atoms with Gasteiger partial charge in [-0.3, -0.25) is 0 Å². The van der Waals surface area contributed by atoms with Crippen molar-refractivity contribution in [3.8, 4) is 10.6 Å². The van der Waals surface area contributed by atoms with E-state index in [-0.39, 0.29) is 0 Å². The van der Waals surface area contributed by atoms with Gasteiger partial charge in [-0.2, -0.15) is 0 Å². The molecule has 0 spiro atoms. The van der Waals surface area contributed by atoms with Gasteiger partial charge in [0, 0.05) is 15.3 Å². The van der Waals surface area contributed by atoms with Gasteiger partial charge in [0.25, 0.3) is 0 Å². The molecule has 2 aromatic heterocycles. The van der Waals surface area contributed by atoms with Gasteiger partial charge in [-0.05, 0) is 25.8 Å². The Bertz CT molecular complexity index is 552. The number of anilines is 1. The maximum atomic E-state index is 6.14. The van der Waals surface area contributed by atoms with Crippen molar-refractivity contribution in [1.82, 2.24) is 4.98 Å². The van der Waals surface area contributed by atoms with Crippen molar-refractivity contribution in [2.24, 2.45) is 0 Å². The van der Waals surface area contributed by atoms with Gasteiger partial charge in [-0.15, -0.1) is 22.7 Å². The number of nitrogen functional groups attached to an aromatic ring is 1. The van der Waals surface area contributed by atoms with Crippen LogP contribution >= 0.6 is 22.7 Å².